The first-order valence-corrected chi connectivity index (χ1v) is 7.10. The van der Waals surface area contributed by atoms with E-state index >= 15 is 0 Å². The zero-order chi connectivity index (χ0) is 18.4. The van der Waals surface area contributed by atoms with Gasteiger partial charge in [-0.2, -0.15) is 26.3 Å². The Morgan fingerprint density at radius 2 is 1.46 bits per heavy atom. The van der Waals surface area contributed by atoms with Crippen LogP contribution in [0.1, 0.15) is 43.6 Å². The number of halogens is 6. The highest BCUT2D eigenvalue weighted by Crippen LogP contribution is 2.40. The summed E-state index contributed by atoms with van der Waals surface area (Å²) in [5.41, 5.74) is -3.20. The topological polar surface area (TPSA) is 29.5 Å². The molecule has 24 heavy (non-hydrogen) atoms. The van der Waals surface area contributed by atoms with Crippen LogP contribution in [0.5, 0.6) is 0 Å². The SMILES string of the molecule is CC(C)N1C(=O)O[C@H](c2cc(C(F)(F)F)cc(C(F)(F)F)c2)[C@H]1C. The van der Waals surface area contributed by atoms with Crippen molar-refractivity contribution in [2.24, 2.45) is 0 Å². The molecule has 1 aliphatic heterocycles. The van der Waals surface area contributed by atoms with Gasteiger partial charge in [0.25, 0.3) is 0 Å². The molecule has 0 spiro atoms. The van der Waals surface area contributed by atoms with E-state index in [9.17, 15) is 31.1 Å². The van der Waals surface area contributed by atoms with E-state index in [1.165, 1.54) is 11.8 Å². The second-order valence-electron chi connectivity index (χ2n) is 5.89. The molecule has 2 rings (SSSR count). The summed E-state index contributed by atoms with van der Waals surface area (Å²) in [5.74, 6) is 0. The van der Waals surface area contributed by atoms with Crippen LogP contribution in [-0.2, 0) is 17.1 Å². The van der Waals surface area contributed by atoms with E-state index in [0.29, 0.717) is 12.1 Å². The van der Waals surface area contributed by atoms with Gasteiger partial charge >= 0.3 is 18.4 Å². The highest BCUT2D eigenvalue weighted by atomic mass is 19.4. The summed E-state index contributed by atoms with van der Waals surface area (Å²) in [6, 6.07) is 0.235. The first-order chi connectivity index (χ1) is 10.8. The maximum Gasteiger partial charge on any atom is 0.416 e. The molecule has 0 unspecified atom stereocenters. The lowest BCUT2D eigenvalue weighted by Gasteiger charge is -2.25. The standard InChI is InChI=1S/C15H15F6NO2/c1-7(2)22-8(3)12(24-13(22)23)9-4-10(14(16,17)18)6-11(5-9)15(19,20)21/h4-8,12H,1-3H3/t8-,12+/m1/s1. The van der Waals surface area contributed by atoms with Gasteiger partial charge in [0, 0.05) is 6.04 Å². The molecule has 134 valence electrons. The fraction of sp³-hybridized carbons (Fsp3) is 0.533. The number of nitrogens with zero attached hydrogens (tertiary/aromatic N) is 1. The van der Waals surface area contributed by atoms with Crippen LogP contribution < -0.4 is 0 Å². The molecule has 0 saturated carbocycles. The van der Waals surface area contributed by atoms with Crippen molar-refractivity contribution in [2.45, 2.75) is 51.3 Å². The Labute approximate surface area is 134 Å². The van der Waals surface area contributed by atoms with Gasteiger partial charge in [-0.3, -0.25) is 4.90 Å². The monoisotopic (exact) mass is 355 g/mol. The van der Waals surface area contributed by atoms with E-state index in [0.717, 1.165) is 0 Å². The fourth-order valence-corrected chi connectivity index (χ4v) is 2.75. The molecule has 1 heterocycles. The molecule has 0 aromatic heterocycles. The van der Waals surface area contributed by atoms with Gasteiger partial charge in [0.2, 0.25) is 0 Å². The maximum atomic E-state index is 12.9. The van der Waals surface area contributed by atoms with Crippen molar-refractivity contribution in [3.63, 3.8) is 0 Å². The Morgan fingerprint density at radius 1 is 1.00 bits per heavy atom. The van der Waals surface area contributed by atoms with Gasteiger partial charge in [-0.15, -0.1) is 0 Å². The number of amides is 1. The number of carbonyl (C=O) groups excluding carboxylic acids is 1. The molecule has 1 fully saturated rings. The van der Waals surface area contributed by atoms with E-state index < -0.39 is 41.7 Å². The Morgan fingerprint density at radius 3 is 1.79 bits per heavy atom. The lowest BCUT2D eigenvalue weighted by Crippen LogP contribution is -2.37. The van der Waals surface area contributed by atoms with E-state index in [1.54, 1.807) is 13.8 Å². The molecule has 1 saturated heterocycles. The van der Waals surface area contributed by atoms with Gasteiger partial charge in [-0.1, -0.05) is 0 Å². The maximum absolute atomic E-state index is 12.9. The quantitative estimate of drug-likeness (QED) is 0.698. The van der Waals surface area contributed by atoms with Crippen LogP contribution in [-0.4, -0.2) is 23.1 Å². The van der Waals surface area contributed by atoms with Crippen LogP contribution in [0.3, 0.4) is 0 Å². The summed E-state index contributed by atoms with van der Waals surface area (Å²) in [6.07, 6.45) is -11.9. The molecular formula is C15H15F6NO2. The summed E-state index contributed by atoms with van der Waals surface area (Å²) in [5, 5.41) is 0. The summed E-state index contributed by atoms with van der Waals surface area (Å²) >= 11 is 0. The Bertz CT molecular complexity index is 606. The predicted molar refractivity (Wildman–Crippen MR) is 72.1 cm³/mol. The third-order valence-corrected chi connectivity index (χ3v) is 3.81. The lowest BCUT2D eigenvalue weighted by atomic mass is 9.97. The third kappa shape index (κ3) is 3.44. The van der Waals surface area contributed by atoms with Crippen LogP contribution in [0.15, 0.2) is 18.2 Å². The molecule has 1 aromatic carbocycles. The first-order valence-electron chi connectivity index (χ1n) is 7.10. The van der Waals surface area contributed by atoms with Gasteiger partial charge in [0.15, 0.2) is 0 Å². The summed E-state index contributed by atoms with van der Waals surface area (Å²) in [4.78, 5) is 13.1. The van der Waals surface area contributed by atoms with Crippen LogP contribution in [0.25, 0.3) is 0 Å². The Hall–Kier alpha value is -1.93. The minimum absolute atomic E-state index is 0.0468. The normalized spacial score (nSPS) is 22.2. The first kappa shape index (κ1) is 18.4. The van der Waals surface area contributed by atoms with Gasteiger partial charge in [-0.25, -0.2) is 4.79 Å². The van der Waals surface area contributed by atoms with Gasteiger partial charge < -0.3 is 4.74 Å². The number of ether oxygens (including phenoxy) is 1. The van der Waals surface area contributed by atoms with Crippen LogP contribution in [0, 0.1) is 0 Å². The highest BCUT2D eigenvalue weighted by molar-refractivity contribution is 5.71. The Kier molecular flexibility index (Phi) is 4.49. The second kappa shape index (κ2) is 5.86. The molecule has 1 amide bonds. The fourth-order valence-electron chi connectivity index (χ4n) is 2.75. The zero-order valence-electron chi connectivity index (χ0n) is 13.0. The molecule has 9 heteroatoms. The lowest BCUT2D eigenvalue weighted by molar-refractivity contribution is -0.143. The Balaban J connectivity index is 2.52. The van der Waals surface area contributed by atoms with E-state index in [2.05, 4.69) is 0 Å². The number of rotatable bonds is 2. The van der Waals surface area contributed by atoms with Crippen molar-refractivity contribution in [3.8, 4) is 0 Å². The average Bonchev–Trinajstić information content (AvgIpc) is 2.71. The summed E-state index contributed by atoms with van der Waals surface area (Å²) < 4.78 is 82.5. The van der Waals surface area contributed by atoms with Crippen molar-refractivity contribution in [2.75, 3.05) is 0 Å². The molecule has 1 aromatic rings. The molecule has 3 nitrogen and oxygen atoms in total. The number of carbonyl (C=O) groups is 1. The summed E-state index contributed by atoms with van der Waals surface area (Å²) in [7, 11) is 0. The number of hydrogen-bond acceptors (Lipinski definition) is 2. The molecule has 2 atom stereocenters. The van der Waals surface area contributed by atoms with Crippen molar-refractivity contribution >= 4 is 6.09 Å². The number of cyclic esters (lactones) is 1. The molecular weight excluding hydrogens is 340 g/mol. The number of hydrogen-bond donors (Lipinski definition) is 0. The summed E-state index contributed by atoms with van der Waals surface area (Å²) in [6.45, 7) is 4.87. The molecule has 0 bridgehead atoms. The predicted octanol–water partition coefficient (Wildman–Crippen LogP) is 5.01. The molecule has 0 aliphatic carbocycles. The molecule has 0 radical (unpaired) electrons. The van der Waals surface area contributed by atoms with Crippen molar-refractivity contribution in [1.82, 2.24) is 4.90 Å². The van der Waals surface area contributed by atoms with Gasteiger partial charge in [0.05, 0.1) is 17.2 Å². The zero-order valence-corrected chi connectivity index (χ0v) is 13.0. The second-order valence-corrected chi connectivity index (χ2v) is 5.89. The molecule has 0 N–H and O–H groups in total. The number of benzene rings is 1. The number of alkyl halides is 6. The minimum Gasteiger partial charge on any atom is -0.439 e. The largest absolute Gasteiger partial charge is 0.439 e. The smallest absolute Gasteiger partial charge is 0.416 e. The van der Waals surface area contributed by atoms with E-state index in [-0.39, 0.29) is 17.7 Å². The van der Waals surface area contributed by atoms with Crippen LogP contribution in [0.4, 0.5) is 31.1 Å². The highest BCUT2D eigenvalue weighted by Gasteiger charge is 2.43. The van der Waals surface area contributed by atoms with E-state index in [1.807, 2.05) is 0 Å². The average molecular weight is 355 g/mol. The molecule has 1 aliphatic rings. The third-order valence-electron chi connectivity index (χ3n) is 3.81. The van der Waals surface area contributed by atoms with Crippen LogP contribution in [0.2, 0.25) is 0 Å². The van der Waals surface area contributed by atoms with Crippen molar-refractivity contribution in [3.05, 3.63) is 34.9 Å². The van der Waals surface area contributed by atoms with Gasteiger partial charge in [-0.05, 0) is 44.5 Å². The van der Waals surface area contributed by atoms with Crippen molar-refractivity contribution < 1.29 is 35.9 Å². The van der Waals surface area contributed by atoms with Gasteiger partial charge in [0.1, 0.15) is 6.10 Å². The van der Waals surface area contributed by atoms with Crippen molar-refractivity contribution in [1.29, 1.82) is 0 Å². The van der Waals surface area contributed by atoms with E-state index in [4.69, 9.17) is 4.74 Å². The minimum atomic E-state index is -4.94. The van der Waals surface area contributed by atoms with Crippen LogP contribution >= 0.6 is 0 Å².